The minimum absolute atomic E-state index is 0.0463. The largest absolute Gasteiger partial charge is 0.433 e. The van der Waals surface area contributed by atoms with Crippen molar-refractivity contribution >= 4 is 17.2 Å². The van der Waals surface area contributed by atoms with Crippen molar-refractivity contribution in [3.8, 4) is 11.3 Å². The molecular formula is C23H19F3N4O. The van der Waals surface area contributed by atoms with Crippen LogP contribution in [0.3, 0.4) is 0 Å². The molecule has 0 aliphatic heterocycles. The first-order chi connectivity index (χ1) is 14.7. The van der Waals surface area contributed by atoms with Gasteiger partial charge in [-0.3, -0.25) is 4.79 Å². The summed E-state index contributed by atoms with van der Waals surface area (Å²) in [5.74, 6) is -0.299. The van der Waals surface area contributed by atoms with E-state index in [1.807, 2.05) is 26.0 Å². The molecule has 0 saturated heterocycles. The van der Waals surface area contributed by atoms with Crippen molar-refractivity contribution in [3.05, 3.63) is 83.7 Å². The molecule has 0 saturated carbocycles. The Morgan fingerprint density at radius 2 is 1.71 bits per heavy atom. The van der Waals surface area contributed by atoms with E-state index in [1.165, 1.54) is 0 Å². The average Bonchev–Trinajstić information content (AvgIpc) is 3.17. The highest BCUT2D eigenvalue weighted by Crippen LogP contribution is 2.33. The van der Waals surface area contributed by atoms with Crippen LogP contribution in [0.4, 0.5) is 18.9 Å². The smallest absolute Gasteiger partial charge is 0.322 e. The minimum atomic E-state index is -4.67. The monoisotopic (exact) mass is 424 g/mol. The summed E-state index contributed by atoms with van der Waals surface area (Å²) in [6.07, 6.45) is -3.57. The Balaban J connectivity index is 1.83. The molecule has 2 aromatic carbocycles. The number of alkyl halides is 3. The molecule has 0 unspecified atom stereocenters. The Labute approximate surface area is 176 Å². The molecule has 1 amide bonds. The molecule has 0 radical (unpaired) electrons. The molecule has 4 rings (SSSR count). The van der Waals surface area contributed by atoms with E-state index < -0.39 is 17.8 Å². The van der Waals surface area contributed by atoms with E-state index in [-0.39, 0.29) is 16.9 Å². The van der Waals surface area contributed by atoms with Gasteiger partial charge in [-0.1, -0.05) is 56.3 Å². The summed E-state index contributed by atoms with van der Waals surface area (Å²) in [5.41, 5.74) is 1.01. The van der Waals surface area contributed by atoms with Crippen molar-refractivity contribution in [2.75, 3.05) is 5.32 Å². The first-order valence-corrected chi connectivity index (χ1v) is 9.67. The van der Waals surface area contributed by atoms with Crippen LogP contribution in [0.25, 0.3) is 16.9 Å². The number of carbonyl (C=O) groups is 1. The molecule has 1 N–H and O–H groups in total. The number of fused-ring (bicyclic) bond motifs is 1. The van der Waals surface area contributed by atoms with Crippen LogP contribution in [0.15, 0.2) is 66.9 Å². The maximum Gasteiger partial charge on any atom is 0.433 e. The van der Waals surface area contributed by atoms with E-state index >= 15 is 0 Å². The highest BCUT2D eigenvalue weighted by atomic mass is 19.4. The highest BCUT2D eigenvalue weighted by Gasteiger charge is 2.36. The van der Waals surface area contributed by atoms with Gasteiger partial charge in [-0.15, -0.1) is 0 Å². The van der Waals surface area contributed by atoms with E-state index in [2.05, 4.69) is 15.4 Å². The van der Waals surface area contributed by atoms with Crippen molar-refractivity contribution in [1.29, 1.82) is 0 Å². The summed E-state index contributed by atoms with van der Waals surface area (Å²) in [6.45, 7) is 4.07. The standard InChI is InChI=1S/C23H19F3N4O/c1-14(2)15-8-10-16(11-9-15)19-12-20(23(24,25)26)30-21(29-19)18(13-27-30)22(31)28-17-6-4-3-5-7-17/h3-14H,1-2H3,(H,28,31). The normalized spacial score (nSPS) is 11.8. The van der Waals surface area contributed by atoms with E-state index in [1.54, 1.807) is 42.5 Å². The first kappa shape index (κ1) is 20.6. The molecule has 158 valence electrons. The number of carbonyl (C=O) groups excluding carboxylic acids is 1. The van der Waals surface area contributed by atoms with Crippen molar-refractivity contribution in [3.63, 3.8) is 0 Å². The van der Waals surface area contributed by atoms with E-state index in [0.717, 1.165) is 17.8 Å². The number of hydrogen-bond acceptors (Lipinski definition) is 3. The average molecular weight is 424 g/mol. The van der Waals surface area contributed by atoms with Crippen LogP contribution in [0.1, 0.15) is 41.4 Å². The Morgan fingerprint density at radius 3 is 2.32 bits per heavy atom. The van der Waals surface area contributed by atoms with Crippen LogP contribution in [0.2, 0.25) is 0 Å². The second-order valence-corrected chi connectivity index (χ2v) is 7.41. The second-order valence-electron chi connectivity index (χ2n) is 7.41. The van der Waals surface area contributed by atoms with Gasteiger partial charge in [0, 0.05) is 11.3 Å². The van der Waals surface area contributed by atoms with Gasteiger partial charge in [0.25, 0.3) is 5.91 Å². The zero-order chi connectivity index (χ0) is 22.2. The molecule has 0 atom stereocenters. The van der Waals surface area contributed by atoms with Gasteiger partial charge < -0.3 is 5.32 Å². The number of nitrogens with zero attached hydrogens (tertiary/aromatic N) is 3. The highest BCUT2D eigenvalue weighted by molar-refractivity contribution is 6.08. The number of nitrogens with one attached hydrogen (secondary N) is 1. The molecule has 0 bridgehead atoms. The number of para-hydroxylation sites is 1. The molecule has 2 aromatic heterocycles. The lowest BCUT2D eigenvalue weighted by atomic mass is 10.0. The number of anilines is 1. The van der Waals surface area contributed by atoms with Crippen LogP contribution in [-0.4, -0.2) is 20.5 Å². The van der Waals surface area contributed by atoms with E-state index in [0.29, 0.717) is 21.7 Å². The summed E-state index contributed by atoms with van der Waals surface area (Å²) in [5, 5.41) is 6.45. The Kier molecular flexibility index (Phi) is 5.22. The number of benzene rings is 2. The van der Waals surface area contributed by atoms with Crippen molar-refractivity contribution in [1.82, 2.24) is 14.6 Å². The van der Waals surface area contributed by atoms with Crippen LogP contribution < -0.4 is 5.32 Å². The lowest BCUT2D eigenvalue weighted by Gasteiger charge is -2.12. The second kappa shape index (κ2) is 7.86. The third-order valence-corrected chi connectivity index (χ3v) is 4.91. The van der Waals surface area contributed by atoms with E-state index in [4.69, 9.17) is 0 Å². The molecule has 5 nitrogen and oxygen atoms in total. The van der Waals surface area contributed by atoms with Gasteiger partial charge in [0.05, 0.1) is 11.9 Å². The lowest BCUT2D eigenvalue weighted by molar-refractivity contribution is -0.142. The van der Waals surface area contributed by atoms with Gasteiger partial charge in [-0.05, 0) is 29.7 Å². The summed E-state index contributed by atoms with van der Waals surface area (Å²) >= 11 is 0. The first-order valence-electron chi connectivity index (χ1n) is 9.67. The lowest BCUT2D eigenvalue weighted by Crippen LogP contribution is -2.15. The van der Waals surface area contributed by atoms with Crippen LogP contribution in [0, 0.1) is 0 Å². The zero-order valence-electron chi connectivity index (χ0n) is 16.8. The molecule has 8 heteroatoms. The van der Waals surface area contributed by atoms with Gasteiger partial charge in [0.2, 0.25) is 0 Å². The molecule has 2 heterocycles. The predicted molar refractivity (Wildman–Crippen MR) is 112 cm³/mol. The molecule has 4 aromatic rings. The van der Waals surface area contributed by atoms with Gasteiger partial charge in [-0.25, -0.2) is 9.50 Å². The molecular weight excluding hydrogens is 405 g/mol. The summed E-state index contributed by atoms with van der Waals surface area (Å²) in [4.78, 5) is 17.1. The maximum atomic E-state index is 13.8. The molecule has 0 fully saturated rings. The number of hydrogen-bond donors (Lipinski definition) is 1. The summed E-state index contributed by atoms with van der Waals surface area (Å²) in [6, 6.07) is 16.8. The summed E-state index contributed by atoms with van der Waals surface area (Å²) in [7, 11) is 0. The maximum absolute atomic E-state index is 13.8. The number of rotatable bonds is 4. The molecule has 0 spiro atoms. The fourth-order valence-corrected chi connectivity index (χ4v) is 3.23. The molecule has 0 aliphatic rings. The van der Waals surface area contributed by atoms with Crippen LogP contribution in [0.5, 0.6) is 0 Å². The Hall–Kier alpha value is -3.68. The van der Waals surface area contributed by atoms with Gasteiger partial charge in [0.1, 0.15) is 5.56 Å². The third-order valence-electron chi connectivity index (χ3n) is 4.91. The van der Waals surface area contributed by atoms with Gasteiger partial charge in [0.15, 0.2) is 11.3 Å². The number of aromatic nitrogens is 3. The molecule has 31 heavy (non-hydrogen) atoms. The van der Waals surface area contributed by atoms with Gasteiger partial charge >= 0.3 is 6.18 Å². The van der Waals surface area contributed by atoms with Crippen molar-refractivity contribution in [2.45, 2.75) is 25.9 Å². The summed E-state index contributed by atoms with van der Waals surface area (Å²) < 4.78 is 41.9. The number of amides is 1. The Morgan fingerprint density at radius 1 is 1.03 bits per heavy atom. The third kappa shape index (κ3) is 4.14. The quantitative estimate of drug-likeness (QED) is 0.451. The van der Waals surface area contributed by atoms with Gasteiger partial charge in [-0.2, -0.15) is 18.3 Å². The minimum Gasteiger partial charge on any atom is -0.322 e. The van der Waals surface area contributed by atoms with Crippen molar-refractivity contribution < 1.29 is 18.0 Å². The zero-order valence-corrected chi connectivity index (χ0v) is 16.8. The van der Waals surface area contributed by atoms with Crippen LogP contribution >= 0.6 is 0 Å². The van der Waals surface area contributed by atoms with Crippen LogP contribution in [-0.2, 0) is 6.18 Å². The predicted octanol–water partition coefficient (Wildman–Crippen LogP) is 5.79. The fourth-order valence-electron chi connectivity index (χ4n) is 3.23. The fraction of sp³-hybridized carbons (Fsp3) is 0.174. The topological polar surface area (TPSA) is 59.3 Å². The Bertz CT molecular complexity index is 1230. The SMILES string of the molecule is CC(C)c1ccc(-c2cc(C(F)(F)F)n3ncc(C(=O)Nc4ccccc4)c3n2)cc1. The van der Waals surface area contributed by atoms with E-state index in [9.17, 15) is 18.0 Å². The van der Waals surface area contributed by atoms with Crippen molar-refractivity contribution in [2.24, 2.45) is 0 Å². The number of halogens is 3. The molecule has 0 aliphatic carbocycles.